The number of hydroxylamine groups is 1. The number of nitro groups is 1. The van der Waals surface area contributed by atoms with E-state index in [2.05, 4.69) is 15.8 Å². The van der Waals surface area contributed by atoms with E-state index in [9.17, 15) is 14.9 Å². The lowest BCUT2D eigenvalue weighted by Crippen LogP contribution is -2.28. The Morgan fingerprint density at radius 1 is 1.58 bits per heavy atom. The Balaban J connectivity index is 2.77. The number of aromatic nitrogens is 1. The fourth-order valence-corrected chi connectivity index (χ4v) is 1.41. The number of pyridine rings is 1. The van der Waals surface area contributed by atoms with E-state index in [0.29, 0.717) is 18.0 Å². The molecule has 0 saturated heterocycles. The van der Waals surface area contributed by atoms with Gasteiger partial charge in [-0.25, -0.2) is 4.98 Å². The zero-order valence-corrected chi connectivity index (χ0v) is 10.8. The molecular weight excluding hydrogens is 252 g/mol. The summed E-state index contributed by atoms with van der Waals surface area (Å²) in [5, 5.41) is 13.1. The molecule has 0 fully saturated rings. The molecule has 0 radical (unpaired) electrons. The number of nitrogens with one attached hydrogen (secondary N) is 2. The van der Waals surface area contributed by atoms with Crippen molar-refractivity contribution in [3.05, 3.63) is 34.0 Å². The van der Waals surface area contributed by atoms with E-state index in [1.54, 1.807) is 19.1 Å². The molecule has 0 spiro atoms. The highest BCUT2D eigenvalue weighted by Gasteiger charge is 2.18. The minimum Gasteiger partial charge on any atom is -0.311 e. The van der Waals surface area contributed by atoms with Crippen molar-refractivity contribution in [2.45, 2.75) is 19.9 Å². The summed E-state index contributed by atoms with van der Waals surface area (Å²) in [6.07, 6.45) is 1.46. The maximum absolute atomic E-state index is 10.8. The molecule has 1 heterocycles. The van der Waals surface area contributed by atoms with Gasteiger partial charge >= 0.3 is 0 Å². The van der Waals surface area contributed by atoms with Gasteiger partial charge in [-0.1, -0.05) is 6.07 Å². The predicted molar refractivity (Wildman–Crippen MR) is 67.9 cm³/mol. The Morgan fingerprint density at radius 2 is 2.32 bits per heavy atom. The number of hydrogen-bond donors (Lipinski definition) is 2. The van der Waals surface area contributed by atoms with E-state index >= 15 is 0 Å². The summed E-state index contributed by atoms with van der Waals surface area (Å²) in [4.78, 5) is 30.0. The standard InChI is InChI=1S/C11H16N4O4/c1-3-19-14-10(7-15(17)18)9-4-5-11(12-6-9)13-8(2)16/h4-6,10,14H,3,7H2,1-2H3,(H,12,13,16). The van der Waals surface area contributed by atoms with E-state index in [4.69, 9.17) is 4.84 Å². The van der Waals surface area contributed by atoms with Crippen LogP contribution < -0.4 is 10.8 Å². The molecule has 8 heteroatoms. The topological polar surface area (TPSA) is 106 Å². The first-order chi connectivity index (χ1) is 9.02. The molecule has 0 saturated carbocycles. The number of carbonyl (C=O) groups excluding carboxylic acids is 1. The molecule has 8 nitrogen and oxygen atoms in total. The lowest BCUT2D eigenvalue weighted by molar-refractivity contribution is -0.486. The van der Waals surface area contributed by atoms with E-state index in [0.717, 1.165) is 0 Å². The highest BCUT2D eigenvalue weighted by atomic mass is 16.6. The smallest absolute Gasteiger partial charge is 0.225 e. The average Bonchev–Trinajstić information content (AvgIpc) is 2.34. The van der Waals surface area contributed by atoms with Crippen LogP contribution in [0.15, 0.2) is 18.3 Å². The van der Waals surface area contributed by atoms with Crippen molar-refractivity contribution in [3.63, 3.8) is 0 Å². The maximum atomic E-state index is 10.8. The normalized spacial score (nSPS) is 11.9. The van der Waals surface area contributed by atoms with Gasteiger partial charge in [-0.2, -0.15) is 5.48 Å². The predicted octanol–water partition coefficient (Wildman–Crippen LogP) is 0.899. The Kier molecular flexibility index (Phi) is 5.83. The molecule has 1 atom stereocenters. The van der Waals surface area contributed by atoms with E-state index < -0.39 is 11.0 Å². The molecular formula is C11H16N4O4. The molecule has 1 aromatic rings. The summed E-state index contributed by atoms with van der Waals surface area (Å²) in [6.45, 7) is 3.23. The van der Waals surface area contributed by atoms with Gasteiger partial charge in [0.25, 0.3) is 0 Å². The molecule has 1 amide bonds. The minimum absolute atomic E-state index is 0.227. The number of anilines is 1. The Labute approximate surface area is 110 Å². The molecule has 1 unspecified atom stereocenters. The summed E-state index contributed by atoms with van der Waals surface area (Å²) in [5.74, 6) is 0.169. The number of carbonyl (C=O) groups is 1. The van der Waals surface area contributed by atoms with Crippen molar-refractivity contribution < 1.29 is 14.6 Å². The Hall–Kier alpha value is -2.06. The summed E-state index contributed by atoms with van der Waals surface area (Å²) >= 11 is 0. The van der Waals surface area contributed by atoms with Crippen molar-refractivity contribution in [2.75, 3.05) is 18.5 Å². The monoisotopic (exact) mass is 268 g/mol. The van der Waals surface area contributed by atoms with Crippen molar-refractivity contribution in [3.8, 4) is 0 Å². The molecule has 1 aromatic heterocycles. The third-order valence-electron chi connectivity index (χ3n) is 2.19. The number of rotatable bonds is 7. The fourth-order valence-electron chi connectivity index (χ4n) is 1.41. The first kappa shape index (κ1) is 15.0. The minimum atomic E-state index is -0.589. The number of nitrogens with zero attached hydrogens (tertiary/aromatic N) is 2. The highest BCUT2D eigenvalue weighted by Crippen LogP contribution is 2.14. The summed E-state index contributed by atoms with van der Waals surface area (Å²) < 4.78 is 0. The van der Waals surface area contributed by atoms with E-state index in [-0.39, 0.29) is 12.5 Å². The van der Waals surface area contributed by atoms with E-state index in [1.165, 1.54) is 13.1 Å². The van der Waals surface area contributed by atoms with Gasteiger partial charge in [0.15, 0.2) is 0 Å². The maximum Gasteiger partial charge on any atom is 0.225 e. The zero-order chi connectivity index (χ0) is 14.3. The van der Waals surface area contributed by atoms with Crippen molar-refractivity contribution in [2.24, 2.45) is 0 Å². The lowest BCUT2D eigenvalue weighted by Gasteiger charge is -2.14. The third-order valence-corrected chi connectivity index (χ3v) is 2.19. The van der Waals surface area contributed by atoms with Gasteiger partial charge < -0.3 is 10.2 Å². The van der Waals surface area contributed by atoms with Crippen LogP contribution in [0, 0.1) is 10.1 Å². The van der Waals surface area contributed by atoms with Crippen molar-refractivity contribution >= 4 is 11.7 Å². The van der Waals surface area contributed by atoms with Crippen LogP contribution in [0.1, 0.15) is 25.5 Å². The molecule has 104 valence electrons. The second-order valence-electron chi connectivity index (χ2n) is 3.78. The molecule has 1 rings (SSSR count). The second kappa shape index (κ2) is 7.39. The molecule has 0 aliphatic heterocycles. The van der Waals surface area contributed by atoms with Gasteiger partial charge in [-0.05, 0) is 18.6 Å². The molecule has 0 bridgehead atoms. The Bertz CT molecular complexity index is 435. The average molecular weight is 268 g/mol. The first-order valence-corrected chi connectivity index (χ1v) is 5.75. The van der Waals surface area contributed by atoms with Gasteiger partial charge in [0.1, 0.15) is 11.9 Å². The van der Waals surface area contributed by atoms with Crippen LogP contribution in [0.4, 0.5) is 5.82 Å². The molecule has 0 aromatic carbocycles. The van der Waals surface area contributed by atoms with Crippen LogP contribution in [-0.2, 0) is 9.63 Å². The summed E-state index contributed by atoms with van der Waals surface area (Å²) in [7, 11) is 0. The Morgan fingerprint density at radius 3 is 2.79 bits per heavy atom. The highest BCUT2D eigenvalue weighted by molar-refractivity contribution is 5.87. The first-order valence-electron chi connectivity index (χ1n) is 5.75. The molecule has 2 N–H and O–H groups in total. The van der Waals surface area contributed by atoms with Gasteiger partial charge in [0.05, 0.1) is 6.61 Å². The van der Waals surface area contributed by atoms with E-state index in [1.807, 2.05) is 0 Å². The lowest BCUT2D eigenvalue weighted by atomic mass is 10.1. The van der Waals surface area contributed by atoms with Crippen LogP contribution in [0.25, 0.3) is 0 Å². The van der Waals surface area contributed by atoms with Crippen molar-refractivity contribution in [1.29, 1.82) is 0 Å². The number of amides is 1. The third kappa shape index (κ3) is 5.40. The summed E-state index contributed by atoms with van der Waals surface area (Å²) in [5.41, 5.74) is 3.22. The van der Waals surface area contributed by atoms with Crippen LogP contribution in [-0.4, -0.2) is 29.0 Å². The van der Waals surface area contributed by atoms with Crippen LogP contribution in [0.2, 0.25) is 0 Å². The molecule has 19 heavy (non-hydrogen) atoms. The van der Waals surface area contributed by atoms with Crippen LogP contribution >= 0.6 is 0 Å². The van der Waals surface area contributed by atoms with Gasteiger partial charge in [-0.3, -0.25) is 14.9 Å². The second-order valence-corrected chi connectivity index (χ2v) is 3.78. The van der Waals surface area contributed by atoms with Gasteiger partial charge in [0.2, 0.25) is 12.5 Å². The van der Waals surface area contributed by atoms with Crippen LogP contribution in [0.3, 0.4) is 0 Å². The molecule has 0 aliphatic rings. The van der Waals surface area contributed by atoms with Gasteiger partial charge in [0, 0.05) is 18.0 Å². The molecule has 0 aliphatic carbocycles. The fraction of sp³-hybridized carbons (Fsp3) is 0.455. The largest absolute Gasteiger partial charge is 0.311 e. The number of hydrogen-bond acceptors (Lipinski definition) is 6. The summed E-state index contributed by atoms with van der Waals surface area (Å²) in [6, 6.07) is 2.64. The zero-order valence-electron chi connectivity index (χ0n) is 10.8. The van der Waals surface area contributed by atoms with Crippen LogP contribution in [0.5, 0.6) is 0 Å². The quantitative estimate of drug-likeness (QED) is 0.562. The van der Waals surface area contributed by atoms with Gasteiger partial charge in [-0.15, -0.1) is 0 Å². The van der Waals surface area contributed by atoms with Crippen molar-refractivity contribution in [1.82, 2.24) is 10.5 Å². The SMILES string of the molecule is CCONC(C[N+](=O)[O-])c1ccc(NC(C)=O)nc1.